The fourth-order valence-corrected chi connectivity index (χ4v) is 1.75. The van der Waals surface area contributed by atoms with E-state index in [-0.39, 0.29) is 11.7 Å². The Morgan fingerprint density at radius 1 is 1.44 bits per heavy atom. The van der Waals surface area contributed by atoms with Gasteiger partial charge in [0.2, 0.25) is 0 Å². The minimum atomic E-state index is -0.233. The van der Waals surface area contributed by atoms with Gasteiger partial charge < -0.3 is 10.4 Å². The molecule has 0 saturated carbocycles. The van der Waals surface area contributed by atoms with Crippen molar-refractivity contribution in [3.05, 3.63) is 41.7 Å². The van der Waals surface area contributed by atoms with Gasteiger partial charge in [0.25, 0.3) is 5.91 Å². The number of nitrogens with zero attached hydrogens (tertiary/aromatic N) is 2. The third kappa shape index (κ3) is 2.51. The number of rotatable bonds is 3. The van der Waals surface area contributed by atoms with Gasteiger partial charge in [0.1, 0.15) is 11.4 Å². The van der Waals surface area contributed by atoms with Crippen molar-refractivity contribution in [1.29, 1.82) is 0 Å². The first-order chi connectivity index (χ1) is 8.60. The SMILES string of the molecule is CCn1nc(C)cc1C(=O)Nc1cccc(O)c1. The normalized spacial score (nSPS) is 10.3. The molecule has 0 fully saturated rings. The van der Waals surface area contributed by atoms with Crippen molar-refractivity contribution in [3.8, 4) is 5.75 Å². The number of anilines is 1. The topological polar surface area (TPSA) is 67.2 Å². The van der Waals surface area contributed by atoms with E-state index in [1.165, 1.54) is 6.07 Å². The lowest BCUT2D eigenvalue weighted by Gasteiger charge is -2.06. The minimum absolute atomic E-state index is 0.118. The number of amides is 1. The number of carbonyl (C=O) groups is 1. The van der Waals surface area contributed by atoms with E-state index in [4.69, 9.17) is 0 Å². The number of nitrogens with one attached hydrogen (secondary N) is 1. The molecule has 2 aromatic rings. The molecule has 1 aromatic carbocycles. The summed E-state index contributed by atoms with van der Waals surface area (Å²) in [7, 11) is 0. The molecule has 0 radical (unpaired) electrons. The van der Waals surface area contributed by atoms with Crippen molar-refractivity contribution in [2.24, 2.45) is 0 Å². The largest absolute Gasteiger partial charge is 0.508 e. The third-order valence-corrected chi connectivity index (χ3v) is 2.54. The first-order valence-electron chi connectivity index (χ1n) is 5.75. The molecule has 0 spiro atoms. The summed E-state index contributed by atoms with van der Waals surface area (Å²) in [4.78, 5) is 12.1. The Morgan fingerprint density at radius 3 is 2.89 bits per heavy atom. The Bertz CT molecular complexity index is 575. The molecule has 94 valence electrons. The second-order valence-corrected chi connectivity index (χ2v) is 3.99. The maximum Gasteiger partial charge on any atom is 0.273 e. The van der Waals surface area contributed by atoms with Crippen LogP contribution >= 0.6 is 0 Å². The summed E-state index contributed by atoms with van der Waals surface area (Å²) in [5, 5.41) is 16.3. The number of aromatic hydroxyl groups is 1. The quantitative estimate of drug-likeness (QED) is 0.870. The lowest BCUT2D eigenvalue weighted by Crippen LogP contribution is -2.17. The summed E-state index contributed by atoms with van der Waals surface area (Å²) in [6.45, 7) is 4.41. The molecule has 0 unspecified atom stereocenters. The molecule has 1 heterocycles. The standard InChI is InChI=1S/C13H15N3O2/c1-3-16-12(7-9(2)15-16)13(18)14-10-5-4-6-11(17)8-10/h4-8,17H,3H2,1-2H3,(H,14,18). The Kier molecular flexibility index (Phi) is 3.32. The Labute approximate surface area is 105 Å². The molecule has 5 nitrogen and oxygen atoms in total. The Hall–Kier alpha value is -2.30. The minimum Gasteiger partial charge on any atom is -0.508 e. The average Bonchev–Trinajstić information content (AvgIpc) is 2.70. The number of phenols is 1. The number of aromatic nitrogens is 2. The van der Waals surface area contributed by atoms with E-state index in [0.717, 1.165) is 5.69 Å². The fraction of sp³-hybridized carbons (Fsp3) is 0.231. The van der Waals surface area contributed by atoms with E-state index in [0.29, 0.717) is 17.9 Å². The summed E-state index contributed by atoms with van der Waals surface area (Å²) in [5.41, 5.74) is 1.87. The number of phenolic OH excluding ortho intramolecular Hbond substituents is 1. The number of hydrogen-bond acceptors (Lipinski definition) is 3. The van der Waals surface area contributed by atoms with Gasteiger partial charge in [-0.1, -0.05) is 6.07 Å². The smallest absolute Gasteiger partial charge is 0.273 e. The fourth-order valence-electron chi connectivity index (χ4n) is 1.75. The van der Waals surface area contributed by atoms with E-state index in [1.54, 1.807) is 28.9 Å². The summed E-state index contributed by atoms with van der Waals surface area (Å²) in [6.07, 6.45) is 0. The van der Waals surface area contributed by atoms with Crippen LogP contribution < -0.4 is 5.32 Å². The summed E-state index contributed by atoms with van der Waals surface area (Å²) < 4.78 is 1.65. The Morgan fingerprint density at radius 2 is 2.22 bits per heavy atom. The van der Waals surface area contributed by atoms with Gasteiger partial charge in [-0.05, 0) is 32.0 Å². The molecular weight excluding hydrogens is 230 g/mol. The van der Waals surface area contributed by atoms with Gasteiger partial charge >= 0.3 is 0 Å². The first kappa shape index (κ1) is 12.2. The molecule has 0 bridgehead atoms. The zero-order valence-electron chi connectivity index (χ0n) is 10.3. The van der Waals surface area contributed by atoms with Crippen molar-refractivity contribution in [2.75, 3.05) is 5.32 Å². The molecule has 1 aromatic heterocycles. The van der Waals surface area contributed by atoms with Crippen LogP contribution in [0.4, 0.5) is 5.69 Å². The van der Waals surface area contributed by atoms with Gasteiger partial charge in [-0.15, -0.1) is 0 Å². The second kappa shape index (κ2) is 4.91. The highest BCUT2D eigenvalue weighted by atomic mass is 16.3. The van der Waals surface area contributed by atoms with Crippen LogP contribution in [-0.2, 0) is 6.54 Å². The van der Waals surface area contributed by atoms with Gasteiger partial charge in [-0.2, -0.15) is 5.10 Å². The number of aryl methyl sites for hydroxylation is 2. The molecular formula is C13H15N3O2. The highest BCUT2D eigenvalue weighted by molar-refractivity contribution is 6.03. The third-order valence-electron chi connectivity index (χ3n) is 2.54. The predicted molar refractivity (Wildman–Crippen MR) is 68.7 cm³/mol. The summed E-state index contributed by atoms with van der Waals surface area (Å²) in [6, 6.07) is 8.18. The average molecular weight is 245 g/mol. The van der Waals surface area contributed by atoms with Crippen molar-refractivity contribution in [1.82, 2.24) is 9.78 Å². The van der Waals surface area contributed by atoms with Crippen LogP contribution in [0, 0.1) is 6.92 Å². The van der Waals surface area contributed by atoms with E-state index in [9.17, 15) is 9.90 Å². The molecule has 5 heteroatoms. The maximum atomic E-state index is 12.1. The highest BCUT2D eigenvalue weighted by Crippen LogP contribution is 2.16. The van der Waals surface area contributed by atoms with E-state index < -0.39 is 0 Å². The van der Waals surface area contributed by atoms with Crippen LogP contribution in [0.5, 0.6) is 5.75 Å². The predicted octanol–water partition coefficient (Wildman–Crippen LogP) is 2.17. The van der Waals surface area contributed by atoms with Crippen molar-refractivity contribution >= 4 is 11.6 Å². The van der Waals surface area contributed by atoms with Gasteiger partial charge in [0.05, 0.1) is 5.69 Å². The summed E-state index contributed by atoms with van der Waals surface area (Å²) >= 11 is 0. The van der Waals surface area contributed by atoms with Crippen molar-refractivity contribution in [3.63, 3.8) is 0 Å². The zero-order valence-corrected chi connectivity index (χ0v) is 10.3. The first-order valence-corrected chi connectivity index (χ1v) is 5.75. The molecule has 1 amide bonds. The van der Waals surface area contributed by atoms with Crippen molar-refractivity contribution < 1.29 is 9.90 Å². The molecule has 0 aliphatic heterocycles. The number of carbonyl (C=O) groups excluding carboxylic acids is 1. The van der Waals surface area contributed by atoms with Crippen LogP contribution in [-0.4, -0.2) is 20.8 Å². The molecule has 0 aliphatic rings. The summed E-state index contributed by atoms with van der Waals surface area (Å²) in [5.74, 6) is -0.115. The van der Waals surface area contributed by atoms with E-state index >= 15 is 0 Å². The van der Waals surface area contributed by atoms with Crippen LogP contribution in [0.1, 0.15) is 23.1 Å². The molecule has 2 rings (SSSR count). The van der Waals surface area contributed by atoms with Gasteiger partial charge in [-0.25, -0.2) is 0 Å². The van der Waals surface area contributed by atoms with Gasteiger partial charge in [-0.3, -0.25) is 9.48 Å². The number of hydrogen-bond donors (Lipinski definition) is 2. The van der Waals surface area contributed by atoms with Crippen LogP contribution in [0.2, 0.25) is 0 Å². The maximum absolute atomic E-state index is 12.1. The van der Waals surface area contributed by atoms with Crippen LogP contribution in [0.3, 0.4) is 0 Å². The van der Waals surface area contributed by atoms with Crippen LogP contribution in [0.15, 0.2) is 30.3 Å². The lowest BCUT2D eigenvalue weighted by atomic mass is 10.3. The molecule has 0 saturated heterocycles. The lowest BCUT2D eigenvalue weighted by molar-refractivity contribution is 0.101. The molecule has 0 atom stereocenters. The second-order valence-electron chi connectivity index (χ2n) is 3.99. The van der Waals surface area contributed by atoms with Crippen LogP contribution in [0.25, 0.3) is 0 Å². The molecule has 0 aliphatic carbocycles. The highest BCUT2D eigenvalue weighted by Gasteiger charge is 2.13. The molecule has 2 N–H and O–H groups in total. The van der Waals surface area contributed by atoms with Gasteiger partial charge in [0, 0.05) is 18.3 Å². The van der Waals surface area contributed by atoms with Gasteiger partial charge in [0.15, 0.2) is 0 Å². The zero-order chi connectivity index (χ0) is 13.1. The van der Waals surface area contributed by atoms with Crippen molar-refractivity contribution in [2.45, 2.75) is 20.4 Å². The van der Waals surface area contributed by atoms with E-state index in [1.807, 2.05) is 13.8 Å². The molecule has 18 heavy (non-hydrogen) atoms. The number of benzene rings is 1. The van der Waals surface area contributed by atoms with E-state index in [2.05, 4.69) is 10.4 Å². The monoisotopic (exact) mass is 245 g/mol. The Balaban J connectivity index is 2.21.